The molecule has 1 saturated heterocycles. The third-order valence-electron chi connectivity index (χ3n) is 3.77. The topological polar surface area (TPSA) is 64.6 Å². The number of carbonyl (C=O) groups is 2. The van der Waals surface area contributed by atoms with Gasteiger partial charge in [-0.2, -0.15) is 0 Å². The van der Waals surface area contributed by atoms with Gasteiger partial charge in [-0.25, -0.2) is 0 Å². The molecule has 0 bridgehead atoms. The van der Waals surface area contributed by atoms with Crippen molar-refractivity contribution < 1.29 is 18.8 Å². The number of rotatable bonds is 4. The molecule has 1 heterocycles. The minimum absolute atomic E-state index is 0.0319. The normalized spacial score (nSPS) is 25.5. The van der Waals surface area contributed by atoms with Crippen molar-refractivity contribution in [2.24, 2.45) is 17.3 Å². The summed E-state index contributed by atoms with van der Waals surface area (Å²) in [6, 6.07) is 0. The van der Waals surface area contributed by atoms with Gasteiger partial charge in [-0.15, -0.1) is 0 Å². The van der Waals surface area contributed by atoms with E-state index in [1.165, 1.54) is 6.92 Å². The first kappa shape index (κ1) is 16.2. The predicted octanol–water partition coefficient (Wildman–Crippen LogP) is 0.359. The van der Waals surface area contributed by atoms with E-state index >= 15 is 0 Å². The van der Waals surface area contributed by atoms with E-state index in [0.29, 0.717) is 10.5 Å². The number of hydrogen-bond acceptors (Lipinski definition) is 4. The minimum atomic E-state index is -0.537. The summed E-state index contributed by atoms with van der Waals surface area (Å²) in [5.74, 6) is -0.839. The standard InChI is InChI=1S/C13H25NO4Si/c1-7(15)17-11-8(10(16)14-11)9(12(2,3)4)13(5,6)18-19/h8-9,11H,1-6,19H3,(H,14,16)/t8-,9-,11-/m1/s1. The van der Waals surface area contributed by atoms with Gasteiger partial charge in [0.2, 0.25) is 5.91 Å². The van der Waals surface area contributed by atoms with Gasteiger partial charge in [0.05, 0.1) is 5.60 Å². The molecule has 0 aromatic carbocycles. The fourth-order valence-electron chi connectivity index (χ4n) is 3.12. The molecule has 1 aliphatic rings. The highest BCUT2D eigenvalue weighted by Crippen LogP contribution is 2.45. The van der Waals surface area contributed by atoms with E-state index in [2.05, 4.69) is 26.1 Å². The molecule has 110 valence electrons. The van der Waals surface area contributed by atoms with Crippen molar-refractivity contribution in [1.82, 2.24) is 5.32 Å². The van der Waals surface area contributed by atoms with E-state index in [-0.39, 0.29) is 29.1 Å². The van der Waals surface area contributed by atoms with Crippen LogP contribution in [0.25, 0.3) is 0 Å². The second kappa shape index (κ2) is 5.24. The van der Waals surface area contributed by atoms with Gasteiger partial charge in [-0.05, 0) is 19.3 Å². The van der Waals surface area contributed by atoms with Gasteiger partial charge in [0.25, 0.3) is 0 Å². The van der Waals surface area contributed by atoms with Crippen molar-refractivity contribution in [2.45, 2.75) is 53.4 Å². The molecule has 19 heavy (non-hydrogen) atoms. The highest BCUT2D eigenvalue weighted by atomic mass is 28.2. The van der Waals surface area contributed by atoms with E-state index in [1.807, 2.05) is 13.8 Å². The lowest BCUT2D eigenvalue weighted by Crippen LogP contribution is -2.67. The maximum Gasteiger partial charge on any atom is 0.304 e. The van der Waals surface area contributed by atoms with Gasteiger partial charge in [0.15, 0.2) is 6.23 Å². The van der Waals surface area contributed by atoms with Gasteiger partial charge in [-0.1, -0.05) is 20.8 Å². The monoisotopic (exact) mass is 287 g/mol. The third-order valence-corrected chi connectivity index (χ3v) is 4.83. The zero-order valence-corrected chi connectivity index (χ0v) is 14.9. The molecule has 6 heteroatoms. The third kappa shape index (κ3) is 3.36. The van der Waals surface area contributed by atoms with E-state index in [0.717, 1.165) is 0 Å². The zero-order chi connectivity index (χ0) is 15.0. The number of carbonyl (C=O) groups excluding carboxylic acids is 2. The molecule has 0 saturated carbocycles. The first-order valence-electron chi connectivity index (χ1n) is 6.53. The Morgan fingerprint density at radius 1 is 1.32 bits per heavy atom. The Balaban J connectivity index is 3.04. The summed E-state index contributed by atoms with van der Waals surface area (Å²) in [6.45, 7) is 11.6. The Hall–Kier alpha value is -0.883. The molecular weight excluding hydrogens is 262 g/mol. The van der Waals surface area contributed by atoms with E-state index in [4.69, 9.17) is 9.16 Å². The quantitative estimate of drug-likeness (QED) is 0.461. The second-order valence-electron chi connectivity index (χ2n) is 6.72. The van der Waals surface area contributed by atoms with Crippen LogP contribution in [-0.4, -0.2) is 34.2 Å². The molecule has 1 amide bonds. The molecule has 0 aliphatic carbocycles. The molecule has 0 spiro atoms. The first-order chi connectivity index (χ1) is 8.50. The molecule has 1 rings (SSSR count). The highest BCUT2D eigenvalue weighted by molar-refractivity contribution is 5.98. The van der Waals surface area contributed by atoms with Crippen molar-refractivity contribution in [3.63, 3.8) is 0 Å². The largest absolute Gasteiger partial charge is 0.441 e. The summed E-state index contributed by atoms with van der Waals surface area (Å²) in [6.07, 6.45) is -0.537. The lowest BCUT2D eigenvalue weighted by Gasteiger charge is -2.51. The Bertz CT molecular complexity index is 375. The number of esters is 1. The fraction of sp³-hybridized carbons (Fsp3) is 0.846. The van der Waals surface area contributed by atoms with Crippen molar-refractivity contribution in [1.29, 1.82) is 0 Å². The van der Waals surface area contributed by atoms with Gasteiger partial charge in [-0.3, -0.25) is 9.59 Å². The highest BCUT2D eigenvalue weighted by Gasteiger charge is 2.55. The molecule has 5 nitrogen and oxygen atoms in total. The molecule has 0 aromatic rings. The average molecular weight is 287 g/mol. The molecule has 0 unspecified atom stereocenters. The second-order valence-corrected chi connectivity index (χ2v) is 7.12. The number of β-lactam (4-membered cyclic amide) rings is 1. The van der Waals surface area contributed by atoms with E-state index in [1.54, 1.807) is 0 Å². The number of nitrogens with one attached hydrogen (secondary N) is 1. The smallest absolute Gasteiger partial charge is 0.304 e. The number of hydrogen-bond donors (Lipinski definition) is 1. The Labute approximate surface area is 118 Å². The van der Waals surface area contributed by atoms with Crippen molar-refractivity contribution >= 4 is 22.4 Å². The number of amides is 1. The summed E-state index contributed by atoms with van der Waals surface area (Å²) in [5, 5.41) is 2.65. The molecule has 0 aromatic heterocycles. The lowest BCUT2D eigenvalue weighted by molar-refractivity contribution is -0.183. The summed E-state index contributed by atoms with van der Waals surface area (Å²) in [4.78, 5) is 23.0. The molecular formula is C13H25NO4Si. The Kier molecular flexibility index (Phi) is 4.46. The minimum Gasteiger partial charge on any atom is -0.441 e. The maximum absolute atomic E-state index is 11.9. The van der Waals surface area contributed by atoms with E-state index in [9.17, 15) is 9.59 Å². The Morgan fingerprint density at radius 3 is 2.16 bits per heavy atom. The van der Waals surface area contributed by atoms with Crippen LogP contribution >= 0.6 is 0 Å². The van der Waals surface area contributed by atoms with E-state index < -0.39 is 11.8 Å². The van der Waals surface area contributed by atoms with Gasteiger partial charge >= 0.3 is 5.97 Å². The van der Waals surface area contributed by atoms with Gasteiger partial charge < -0.3 is 14.5 Å². The predicted molar refractivity (Wildman–Crippen MR) is 75.2 cm³/mol. The van der Waals surface area contributed by atoms with Crippen molar-refractivity contribution in [2.75, 3.05) is 0 Å². The Morgan fingerprint density at radius 2 is 1.84 bits per heavy atom. The van der Waals surface area contributed by atoms with Crippen LogP contribution in [0, 0.1) is 17.3 Å². The SMILES string of the molecule is CC(=O)O[C@H]1NC(=O)[C@H]1[C@H](C(C)(C)C)C(C)(C)O[SiH3]. The molecule has 1 aliphatic heterocycles. The van der Waals surface area contributed by atoms with Crippen LogP contribution < -0.4 is 5.32 Å². The summed E-state index contributed by atoms with van der Waals surface area (Å²) in [7, 11) is 0.597. The summed E-state index contributed by atoms with van der Waals surface area (Å²) in [5.41, 5.74) is -0.556. The van der Waals surface area contributed by atoms with Gasteiger partial charge in [0.1, 0.15) is 16.4 Å². The first-order valence-corrected chi connectivity index (χ1v) is 7.35. The average Bonchev–Trinajstić information content (AvgIpc) is 2.22. The van der Waals surface area contributed by atoms with Crippen molar-refractivity contribution in [3.8, 4) is 0 Å². The summed E-state index contributed by atoms with van der Waals surface area (Å²) < 4.78 is 10.9. The van der Waals surface area contributed by atoms with Crippen LogP contribution in [0.3, 0.4) is 0 Å². The van der Waals surface area contributed by atoms with Crippen LogP contribution in [0.15, 0.2) is 0 Å². The maximum atomic E-state index is 11.9. The molecule has 0 radical (unpaired) electrons. The van der Waals surface area contributed by atoms with Crippen LogP contribution in [0.5, 0.6) is 0 Å². The molecule has 1 fully saturated rings. The van der Waals surface area contributed by atoms with Crippen LogP contribution in [-0.2, 0) is 18.8 Å². The van der Waals surface area contributed by atoms with Crippen LogP contribution in [0.1, 0.15) is 41.5 Å². The van der Waals surface area contributed by atoms with Gasteiger partial charge in [0, 0.05) is 12.8 Å². The summed E-state index contributed by atoms with van der Waals surface area (Å²) >= 11 is 0. The lowest BCUT2D eigenvalue weighted by atomic mass is 9.63. The van der Waals surface area contributed by atoms with Crippen LogP contribution in [0.2, 0.25) is 0 Å². The fourth-order valence-corrected chi connectivity index (χ4v) is 3.37. The van der Waals surface area contributed by atoms with Crippen molar-refractivity contribution in [3.05, 3.63) is 0 Å². The molecule has 1 N–H and O–H groups in total. The van der Waals surface area contributed by atoms with Crippen LogP contribution in [0.4, 0.5) is 0 Å². The molecule has 3 atom stereocenters. The zero-order valence-electron chi connectivity index (χ0n) is 12.9. The number of ether oxygens (including phenoxy) is 1.